The van der Waals surface area contributed by atoms with Crippen LogP contribution >= 0.6 is 69.6 Å². The quantitative estimate of drug-likeness (QED) is 0.430. The van der Waals surface area contributed by atoms with E-state index in [1.165, 1.54) is 0 Å². The molecule has 13 heteroatoms. The van der Waals surface area contributed by atoms with Crippen LogP contribution in [0.4, 0.5) is 0 Å². The van der Waals surface area contributed by atoms with Crippen molar-refractivity contribution in [2.75, 3.05) is 0 Å². The van der Waals surface area contributed by atoms with Gasteiger partial charge >= 0.3 is 35.9 Å². The molecule has 0 fully saturated rings. The average Bonchev–Trinajstić information content (AvgIpc) is 2.18. The number of halogens is 6. The molecule has 19 heavy (non-hydrogen) atoms. The zero-order valence-electron chi connectivity index (χ0n) is 8.77. The van der Waals surface area contributed by atoms with E-state index in [0.717, 1.165) is 0 Å². The van der Waals surface area contributed by atoms with Gasteiger partial charge in [0.05, 0.1) is 0 Å². The summed E-state index contributed by atoms with van der Waals surface area (Å²) in [5.74, 6) is -3.63. The Bertz CT molecular complexity index is 230. The maximum absolute atomic E-state index is 9.44. The first-order valence-electron chi connectivity index (χ1n) is 3.46. The third-order valence-corrected chi connectivity index (χ3v) is 1.68. The van der Waals surface area contributed by atoms with Crippen LogP contribution in [0.3, 0.4) is 0 Å². The van der Waals surface area contributed by atoms with Gasteiger partial charge in [0.25, 0.3) is 0 Å². The molecule has 6 nitrogen and oxygen atoms in total. The molecule has 0 saturated carbocycles. The first kappa shape index (κ1) is 28.0. The third kappa shape index (κ3) is 32.3. The van der Waals surface area contributed by atoms with Crippen molar-refractivity contribution in [3.8, 4) is 0 Å². The molecule has 0 aromatic carbocycles. The molecule has 0 spiro atoms. The second-order valence-corrected chi connectivity index (χ2v) is 5.21. The number of hydrogen-bond acceptors (Lipinski definition) is 3. The molecule has 0 aliphatic heterocycles. The van der Waals surface area contributed by atoms with Crippen molar-refractivity contribution in [1.82, 2.24) is 0 Å². The number of rotatable bonds is 3. The van der Waals surface area contributed by atoms with Gasteiger partial charge in [0.15, 0.2) is 0 Å². The van der Waals surface area contributed by atoms with Gasteiger partial charge in [-0.15, -0.1) is 0 Å². The van der Waals surface area contributed by atoms with Crippen LogP contribution in [0.5, 0.6) is 0 Å². The minimum atomic E-state index is -1.29. The summed E-state index contributed by atoms with van der Waals surface area (Å²) in [5.41, 5.74) is 0. The van der Waals surface area contributed by atoms with E-state index >= 15 is 0 Å². The van der Waals surface area contributed by atoms with Gasteiger partial charge in [0.2, 0.25) is 14.5 Å². The minimum absolute atomic E-state index is 0. The molecule has 0 amide bonds. The summed E-state index contributed by atoms with van der Waals surface area (Å²) in [4.78, 5) is 24.4. The second-order valence-electron chi connectivity index (χ2n) is 1.92. The Morgan fingerprint density at radius 1 is 0.579 bits per heavy atom. The molecule has 1 atom stereocenters. The van der Waals surface area contributed by atoms with Gasteiger partial charge in [0.1, 0.15) is 0 Å². The van der Waals surface area contributed by atoms with Crippen LogP contribution in [0, 0.1) is 0 Å². The monoisotopic (exact) mass is 462 g/mol. The first-order valence-corrected chi connectivity index (χ1v) is 6.08. The van der Waals surface area contributed by atoms with Crippen molar-refractivity contribution in [2.24, 2.45) is 0 Å². The topological polar surface area (TPSA) is 112 Å². The van der Waals surface area contributed by atoms with Crippen molar-refractivity contribution in [1.29, 1.82) is 0 Å². The SMILES string of the molecule is O=C(O)C(Cl)Cl.O=C(O)C(Cl)Cl.O=C(O)C(Cl)Cl.[AsH3]. The van der Waals surface area contributed by atoms with Crippen LogP contribution in [-0.4, -0.2) is 65.7 Å². The molecule has 0 heterocycles. The summed E-state index contributed by atoms with van der Waals surface area (Å²) in [6.07, 6.45) is 0. The van der Waals surface area contributed by atoms with Crippen LogP contribution in [0.15, 0.2) is 0 Å². The second kappa shape index (κ2) is 16.8. The summed E-state index contributed by atoms with van der Waals surface area (Å²) in [6, 6.07) is 0. The number of carboxylic acids is 3. The average molecular weight is 465 g/mol. The molecule has 0 aliphatic carbocycles. The summed E-state index contributed by atoms with van der Waals surface area (Å²) >= 11 is 28.7. The van der Waals surface area contributed by atoms with Gasteiger partial charge in [0, 0.05) is 0 Å². The van der Waals surface area contributed by atoms with Crippen LogP contribution in [0.1, 0.15) is 0 Å². The van der Waals surface area contributed by atoms with Gasteiger partial charge in [-0.2, -0.15) is 0 Å². The first-order chi connectivity index (χ1) is 7.93. The number of aliphatic carboxylic acids is 3. The van der Waals surface area contributed by atoms with Crippen molar-refractivity contribution >= 4 is 105 Å². The van der Waals surface area contributed by atoms with Gasteiger partial charge < -0.3 is 15.3 Å². The molecule has 0 radical (unpaired) electrons. The predicted molar refractivity (Wildman–Crippen MR) is 79.3 cm³/mol. The van der Waals surface area contributed by atoms with Crippen molar-refractivity contribution < 1.29 is 29.7 Å². The molecule has 0 aliphatic rings. The van der Waals surface area contributed by atoms with Crippen LogP contribution in [-0.2, 0) is 14.4 Å². The van der Waals surface area contributed by atoms with Crippen LogP contribution in [0.25, 0.3) is 0 Å². The molecule has 0 aromatic rings. The summed E-state index contributed by atoms with van der Waals surface area (Å²) in [6.45, 7) is 0. The zero-order chi connectivity index (χ0) is 15.5. The zero-order valence-corrected chi connectivity index (χ0v) is 16.3. The number of alkyl halides is 6. The van der Waals surface area contributed by atoms with E-state index in [1.54, 1.807) is 0 Å². The van der Waals surface area contributed by atoms with E-state index in [4.69, 9.17) is 84.9 Å². The van der Waals surface area contributed by atoms with Crippen molar-refractivity contribution in [3.63, 3.8) is 0 Å². The molecule has 3 N–H and O–H groups in total. The van der Waals surface area contributed by atoms with Gasteiger partial charge in [-0.25, -0.2) is 14.4 Å². The fourth-order valence-corrected chi connectivity index (χ4v) is 0. The van der Waals surface area contributed by atoms with Crippen molar-refractivity contribution in [2.45, 2.75) is 14.5 Å². The maximum atomic E-state index is 9.44. The number of carbonyl (C=O) groups is 3. The molecular formula is C6H9AsCl6O6. The predicted octanol–water partition coefficient (Wildman–Crippen LogP) is 1.44. The Morgan fingerprint density at radius 3 is 0.632 bits per heavy atom. The van der Waals surface area contributed by atoms with E-state index in [9.17, 15) is 14.4 Å². The molecule has 0 aromatic heterocycles. The third-order valence-electron chi connectivity index (χ3n) is 0.560. The Kier molecular flexibility index (Phi) is 24.7. The molecule has 0 rings (SSSR count). The van der Waals surface area contributed by atoms with E-state index in [-0.39, 0.29) is 18.0 Å². The normalized spacial score (nSPS) is 8.68. The van der Waals surface area contributed by atoms with E-state index in [2.05, 4.69) is 0 Å². The van der Waals surface area contributed by atoms with Gasteiger partial charge in [-0.05, 0) is 0 Å². The fourth-order valence-electron chi connectivity index (χ4n) is 0. The molecule has 0 bridgehead atoms. The van der Waals surface area contributed by atoms with E-state index < -0.39 is 32.4 Å². The van der Waals surface area contributed by atoms with Crippen LogP contribution < -0.4 is 0 Å². The molecule has 1 unspecified atom stereocenters. The Morgan fingerprint density at radius 2 is 0.632 bits per heavy atom. The standard InChI is InChI=1S/3C2H2Cl2O2.AsH3/c3*3-1(4)2(5)6;/h3*1H,(H,5,6);1H3. The molecule has 116 valence electrons. The van der Waals surface area contributed by atoms with E-state index in [1.807, 2.05) is 0 Å². The van der Waals surface area contributed by atoms with Gasteiger partial charge in [-0.3, -0.25) is 0 Å². The van der Waals surface area contributed by atoms with Crippen LogP contribution in [0.2, 0.25) is 0 Å². The summed E-state index contributed by atoms with van der Waals surface area (Å²) in [7, 11) is 0. The number of carboxylic acid groups (broad SMARTS) is 3. The molecule has 0 saturated heterocycles. The van der Waals surface area contributed by atoms with Crippen molar-refractivity contribution in [3.05, 3.63) is 0 Å². The van der Waals surface area contributed by atoms with Gasteiger partial charge in [-0.1, -0.05) is 69.6 Å². The Labute approximate surface area is 149 Å². The Balaban J connectivity index is -0.0000000865. The summed E-state index contributed by atoms with van der Waals surface area (Å²) in [5, 5.41) is 23.2. The Hall–Kier alpha value is 0.708. The van der Waals surface area contributed by atoms with E-state index in [0.29, 0.717) is 0 Å². The molecular weight excluding hydrogens is 456 g/mol. The number of hydrogen-bond donors (Lipinski definition) is 3. The fraction of sp³-hybridized carbons (Fsp3) is 0.500. The summed E-state index contributed by atoms with van der Waals surface area (Å²) < 4.78 is 0.